The molecule has 18 heavy (non-hydrogen) atoms. The van der Waals surface area contributed by atoms with Crippen molar-refractivity contribution in [3.05, 3.63) is 65.2 Å². The van der Waals surface area contributed by atoms with E-state index in [1.165, 1.54) is 12.1 Å². The van der Waals surface area contributed by atoms with E-state index < -0.39 is 17.7 Å². The molecule has 2 aromatic carbocycles. The van der Waals surface area contributed by atoms with Crippen LogP contribution in [0.4, 0.5) is 8.78 Å². The zero-order chi connectivity index (χ0) is 13.1. The van der Waals surface area contributed by atoms with Crippen LogP contribution in [0.1, 0.15) is 17.2 Å². The number of ether oxygens (including phenoxy) is 1. The van der Waals surface area contributed by atoms with E-state index in [4.69, 9.17) is 10.5 Å². The molecule has 1 unspecified atom stereocenters. The molecule has 0 amide bonds. The third kappa shape index (κ3) is 2.49. The predicted octanol–water partition coefficient (Wildman–Crippen LogP) is 3.02. The number of methoxy groups -OCH3 is 1. The minimum atomic E-state index is -0.640. The fourth-order valence-corrected chi connectivity index (χ4v) is 1.74. The smallest absolute Gasteiger partial charge is 0.131 e. The molecule has 2 aromatic rings. The first-order valence-corrected chi connectivity index (χ1v) is 5.46. The number of halogens is 2. The van der Waals surface area contributed by atoms with Crippen LogP contribution < -0.4 is 10.5 Å². The summed E-state index contributed by atoms with van der Waals surface area (Å²) >= 11 is 0. The van der Waals surface area contributed by atoms with Gasteiger partial charge in [0.2, 0.25) is 0 Å². The van der Waals surface area contributed by atoms with Gasteiger partial charge in [-0.2, -0.15) is 0 Å². The van der Waals surface area contributed by atoms with Crippen LogP contribution in [0.5, 0.6) is 5.75 Å². The summed E-state index contributed by atoms with van der Waals surface area (Å²) in [5.41, 5.74) is 6.96. The van der Waals surface area contributed by atoms with Crippen LogP contribution in [-0.2, 0) is 0 Å². The number of nitrogens with two attached hydrogens (primary N) is 1. The van der Waals surface area contributed by atoms with Crippen molar-refractivity contribution in [2.24, 2.45) is 5.73 Å². The topological polar surface area (TPSA) is 35.2 Å². The zero-order valence-corrected chi connectivity index (χ0v) is 9.86. The zero-order valence-electron chi connectivity index (χ0n) is 9.86. The van der Waals surface area contributed by atoms with Gasteiger partial charge in [-0.25, -0.2) is 8.78 Å². The van der Waals surface area contributed by atoms with Crippen molar-refractivity contribution in [1.29, 1.82) is 0 Å². The molecule has 0 aromatic heterocycles. The van der Waals surface area contributed by atoms with Crippen LogP contribution in [0.25, 0.3) is 0 Å². The summed E-state index contributed by atoms with van der Waals surface area (Å²) in [6.07, 6.45) is 0. The molecule has 2 rings (SSSR count). The normalized spacial score (nSPS) is 12.2. The first-order valence-electron chi connectivity index (χ1n) is 5.46. The summed E-state index contributed by atoms with van der Waals surface area (Å²) in [5, 5.41) is 0. The Morgan fingerprint density at radius 3 is 2.28 bits per heavy atom. The van der Waals surface area contributed by atoms with Crippen molar-refractivity contribution in [3.8, 4) is 5.75 Å². The number of rotatable bonds is 3. The third-order valence-electron chi connectivity index (χ3n) is 2.77. The molecule has 0 aliphatic heterocycles. The fourth-order valence-electron chi connectivity index (χ4n) is 1.74. The Kier molecular flexibility index (Phi) is 3.58. The number of hydrogen-bond acceptors (Lipinski definition) is 2. The molecule has 0 spiro atoms. The van der Waals surface area contributed by atoms with Crippen molar-refractivity contribution in [2.75, 3.05) is 7.11 Å². The molecular formula is C14H13F2NO. The van der Waals surface area contributed by atoms with E-state index >= 15 is 0 Å². The molecule has 2 N–H and O–H groups in total. The third-order valence-corrected chi connectivity index (χ3v) is 2.77. The Morgan fingerprint density at radius 2 is 1.72 bits per heavy atom. The molecule has 0 saturated heterocycles. The summed E-state index contributed by atoms with van der Waals surface area (Å²) in [6, 6.07) is 9.77. The van der Waals surface area contributed by atoms with Crippen LogP contribution in [0.2, 0.25) is 0 Å². The summed E-state index contributed by atoms with van der Waals surface area (Å²) in [5.74, 6) is -0.554. The van der Waals surface area contributed by atoms with Gasteiger partial charge in [0.15, 0.2) is 0 Å². The predicted molar refractivity (Wildman–Crippen MR) is 65.4 cm³/mol. The van der Waals surface area contributed by atoms with Crippen molar-refractivity contribution in [1.82, 2.24) is 0 Å². The van der Waals surface area contributed by atoms with E-state index in [2.05, 4.69) is 0 Å². The Balaban J connectivity index is 2.31. The van der Waals surface area contributed by atoms with Gasteiger partial charge in [-0.05, 0) is 23.8 Å². The van der Waals surface area contributed by atoms with Gasteiger partial charge in [-0.1, -0.05) is 18.2 Å². The van der Waals surface area contributed by atoms with Gasteiger partial charge in [0.1, 0.15) is 17.4 Å². The fraction of sp³-hybridized carbons (Fsp3) is 0.143. The second-order valence-corrected chi connectivity index (χ2v) is 3.92. The molecular weight excluding hydrogens is 236 g/mol. The van der Waals surface area contributed by atoms with Gasteiger partial charge in [0, 0.05) is 11.6 Å². The quantitative estimate of drug-likeness (QED) is 0.907. The maximum atomic E-state index is 13.6. The van der Waals surface area contributed by atoms with Crippen LogP contribution in [0.3, 0.4) is 0 Å². The highest BCUT2D eigenvalue weighted by atomic mass is 19.1. The first-order chi connectivity index (χ1) is 8.61. The van der Waals surface area contributed by atoms with E-state index in [-0.39, 0.29) is 5.56 Å². The first kappa shape index (κ1) is 12.5. The molecule has 4 heteroatoms. The van der Waals surface area contributed by atoms with Crippen LogP contribution in [-0.4, -0.2) is 7.11 Å². The van der Waals surface area contributed by atoms with Gasteiger partial charge >= 0.3 is 0 Å². The van der Waals surface area contributed by atoms with E-state index in [9.17, 15) is 8.78 Å². The Hall–Kier alpha value is -1.94. The van der Waals surface area contributed by atoms with E-state index in [0.29, 0.717) is 5.75 Å². The summed E-state index contributed by atoms with van der Waals surface area (Å²) in [7, 11) is 1.56. The van der Waals surface area contributed by atoms with E-state index in [0.717, 1.165) is 11.6 Å². The second kappa shape index (κ2) is 5.14. The molecule has 0 radical (unpaired) electrons. The highest BCUT2D eigenvalue weighted by Gasteiger charge is 2.14. The lowest BCUT2D eigenvalue weighted by Crippen LogP contribution is -2.13. The lowest BCUT2D eigenvalue weighted by atomic mass is 9.99. The van der Waals surface area contributed by atoms with Gasteiger partial charge < -0.3 is 10.5 Å². The molecule has 0 aliphatic carbocycles. The largest absolute Gasteiger partial charge is 0.497 e. The maximum absolute atomic E-state index is 13.6. The standard InChI is InChI=1S/C14H13F2NO/c1-18-11-5-2-9(3-6-11)14(17)12-7-4-10(15)8-13(12)16/h2-8,14H,17H2,1H3. The van der Waals surface area contributed by atoms with Gasteiger partial charge in [-0.15, -0.1) is 0 Å². The SMILES string of the molecule is COc1ccc(C(N)c2ccc(F)cc2F)cc1. The highest BCUT2D eigenvalue weighted by Crippen LogP contribution is 2.24. The van der Waals surface area contributed by atoms with Gasteiger partial charge in [-0.3, -0.25) is 0 Å². The van der Waals surface area contributed by atoms with Crippen molar-refractivity contribution in [3.63, 3.8) is 0 Å². The van der Waals surface area contributed by atoms with E-state index in [1.807, 2.05) is 0 Å². The molecule has 0 fully saturated rings. The van der Waals surface area contributed by atoms with Gasteiger partial charge in [0.05, 0.1) is 13.2 Å². The molecule has 1 atom stereocenters. The summed E-state index contributed by atoms with van der Waals surface area (Å²) in [4.78, 5) is 0. The molecule has 0 saturated carbocycles. The highest BCUT2D eigenvalue weighted by molar-refractivity contribution is 5.35. The number of hydrogen-bond donors (Lipinski definition) is 1. The average molecular weight is 249 g/mol. The van der Waals surface area contributed by atoms with Crippen molar-refractivity contribution in [2.45, 2.75) is 6.04 Å². The molecule has 94 valence electrons. The lowest BCUT2D eigenvalue weighted by molar-refractivity contribution is 0.414. The van der Waals surface area contributed by atoms with Gasteiger partial charge in [0.25, 0.3) is 0 Å². The minimum absolute atomic E-state index is 0.265. The lowest BCUT2D eigenvalue weighted by Gasteiger charge is -2.14. The Morgan fingerprint density at radius 1 is 1.06 bits per heavy atom. The molecule has 0 heterocycles. The van der Waals surface area contributed by atoms with Crippen LogP contribution >= 0.6 is 0 Å². The van der Waals surface area contributed by atoms with Crippen LogP contribution in [0.15, 0.2) is 42.5 Å². The molecule has 0 aliphatic rings. The molecule has 2 nitrogen and oxygen atoms in total. The summed E-state index contributed by atoms with van der Waals surface area (Å²) in [6.45, 7) is 0. The molecule has 0 bridgehead atoms. The van der Waals surface area contributed by atoms with Crippen molar-refractivity contribution >= 4 is 0 Å². The Labute approximate surface area is 104 Å². The number of benzene rings is 2. The second-order valence-electron chi connectivity index (χ2n) is 3.92. The average Bonchev–Trinajstić information content (AvgIpc) is 2.38. The van der Waals surface area contributed by atoms with Crippen LogP contribution in [0, 0.1) is 11.6 Å². The minimum Gasteiger partial charge on any atom is -0.497 e. The van der Waals surface area contributed by atoms with Crippen molar-refractivity contribution < 1.29 is 13.5 Å². The Bertz CT molecular complexity index is 540. The summed E-state index contributed by atoms with van der Waals surface area (Å²) < 4.78 is 31.4. The monoisotopic (exact) mass is 249 g/mol. The van der Waals surface area contributed by atoms with E-state index in [1.54, 1.807) is 31.4 Å². The maximum Gasteiger partial charge on any atom is 0.131 e.